The Bertz CT molecular complexity index is 1360. The van der Waals surface area contributed by atoms with Crippen LogP contribution in [0.25, 0.3) is 11.1 Å². The summed E-state index contributed by atoms with van der Waals surface area (Å²) in [6.45, 7) is 14.3. The summed E-state index contributed by atoms with van der Waals surface area (Å²) in [6.07, 6.45) is 10.7. The first-order chi connectivity index (χ1) is 18.8. The summed E-state index contributed by atoms with van der Waals surface area (Å²) in [7, 11) is 5.91. The van der Waals surface area contributed by atoms with Crippen LogP contribution in [0.1, 0.15) is 29.2 Å². The number of aromatic nitrogens is 1. The molecule has 0 aliphatic carbocycles. The minimum Gasteiger partial charge on any atom is -0.384 e. The number of allylic oxidation sites excluding steroid dienone is 4. The van der Waals surface area contributed by atoms with Crippen LogP contribution in [0.15, 0.2) is 120 Å². The van der Waals surface area contributed by atoms with Crippen LogP contribution >= 0.6 is 0 Å². The number of hydrogen-bond acceptors (Lipinski definition) is 5. The standard InChI is InChI=1S/C34H41N5/c1-8-32(17-15-26(3)37-18-19-39(6)7)38-27(4)34(35-5)33-22-30(16-14-25(33)2)31-21-29(23-36-24-31)20-28-12-10-9-11-13-28/h8-17,21-24,37-38H,3-4,18-20H2,1-2,5-7H3/b17-15-,32-8+,35-34?. The van der Waals surface area contributed by atoms with Crippen molar-refractivity contribution in [3.63, 3.8) is 0 Å². The van der Waals surface area contributed by atoms with Crippen molar-refractivity contribution in [3.05, 3.63) is 138 Å². The zero-order valence-corrected chi connectivity index (χ0v) is 24.0. The molecule has 1 aromatic heterocycles. The molecular weight excluding hydrogens is 478 g/mol. The van der Waals surface area contributed by atoms with Crippen LogP contribution in [-0.4, -0.2) is 49.8 Å². The van der Waals surface area contributed by atoms with Gasteiger partial charge in [-0.3, -0.25) is 9.98 Å². The number of likely N-dealkylation sites (N-methyl/N-ethyl adjacent to an activating group) is 1. The van der Waals surface area contributed by atoms with Gasteiger partial charge < -0.3 is 15.5 Å². The topological polar surface area (TPSA) is 52.6 Å². The number of aryl methyl sites for hydroxylation is 1. The molecule has 0 amide bonds. The van der Waals surface area contributed by atoms with Crippen LogP contribution in [0.5, 0.6) is 0 Å². The Hall–Kier alpha value is -4.22. The van der Waals surface area contributed by atoms with Gasteiger partial charge in [0, 0.05) is 55.1 Å². The molecule has 2 aromatic carbocycles. The highest BCUT2D eigenvalue weighted by Gasteiger charge is 2.13. The quantitative estimate of drug-likeness (QED) is 0.206. The smallest absolute Gasteiger partial charge is 0.0874 e. The zero-order valence-electron chi connectivity index (χ0n) is 24.0. The van der Waals surface area contributed by atoms with Crippen LogP contribution in [0.2, 0.25) is 0 Å². The second kappa shape index (κ2) is 14.6. The van der Waals surface area contributed by atoms with E-state index in [0.29, 0.717) is 0 Å². The van der Waals surface area contributed by atoms with Crippen molar-refractivity contribution in [2.24, 2.45) is 4.99 Å². The van der Waals surface area contributed by atoms with E-state index in [4.69, 9.17) is 0 Å². The maximum Gasteiger partial charge on any atom is 0.0874 e. The highest BCUT2D eigenvalue weighted by atomic mass is 15.1. The third-order valence-corrected chi connectivity index (χ3v) is 6.36. The summed E-state index contributed by atoms with van der Waals surface area (Å²) in [5.74, 6) is 0. The van der Waals surface area contributed by atoms with Gasteiger partial charge in [-0.1, -0.05) is 61.7 Å². The molecule has 1 heterocycles. The van der Waals surface area contributed by atoms with Crippen LogP contribution in [0.4, 0.5) is 0 Å². The van der Waals surface area contributed by atoms with Gasteiger partial charge in [-0.15, -0.1) is 0 Å². The van der Waals surface area contributed by atoms with Crippen molar-refractivity contribution in [2.45, 2.75) is 20.3 Å². The molecule has 0 saturated carbocycles. The molecule has 0 unspecified atom stereocenters. The van der Waals surface area contributed by atoms with E-state index in [9.17, 15) is 0 Å². The number of benzene rings is 2. The molecule has 3 aromatic rings. The number of rotatable bonds is 13. The first kappa shape index (κ1) is 29.3. The molecule has 0 aliphatic heterocycles. The Labute approximate surface area is 234 Å². The van der Waals surface area contributed by atoms with Gasteiger partial charge in [-0.25, -0.2) is 0 Å². The van der Waals surface area contributed by atoms with Crippen molar-refractivity contribution in [2.75, 3.05) is 34.2 Å². The maximum absolute atomic E-state index is 4.62. The fourth-order valence-electron chi connectivity index (χ4n) is 4.18. The summed E-state index contributed by atoms with van der Waals surface area (Å²) in [5, 5.41) is 6.75. The Kier molecular flexibility index (Phi) is 11.0. The third kappa shape index (κ3) is 8.94. The van der Waals surface area contributed by atoms with E-state index in [1.54, 1.807) is 7.05 Å². The molecule has 202 valence electrons. The highest BCUT2D eigenvalue weighted by molar-refractivity contribution is 6.13. The van der Waals surface area contributed by atoms with Gasteiger partial charge in [0.2, 0.25) is 0 Å². The highest BCUT2D eigenvalue weighted by Crippen LogP contribution is 2.25. The average Bonchev–Trinajstić information content (AvgIpc) is 2.93. The van der Waals surface area contributed by atoms with Crippen molar-refractivity contribution in [3.8, 4) is 11.1 Å². The molecule has 0 bridgehead atoms. The summed E-state index contributed by atoms with van der Waals surface area (Å²) >= 11 is 0. The van der Waals surface area contributed by atoms with Gasteiger partial charge in [0.05, 0.1) is 11.4 Å². The molecule has 39 heavy (non-hydrogen) atoms. The lowest BCUT2D eigenvalue weighted by Crippen LogP contribution is -2.25. The van der Waals surface area contributed by atoms with Gasteiger partial charge in [-0.2, -0.15) is 0 Å². The summed E-state index contributed by atoms with van der Waals surface area (Å²) < 4.78 is 0. The lowest BCUT2D eigenvalue weighted by Gasteiger charge is -2.16. The number of aliphatic imine (C=N–C) groups is 1. The van der Waals surface area contributed by atoms with Gasteiger partial charge in [0.25, 0.3) is 0 Å². The Balaban J connectivity index is 1.76. The van der Waals surface area contributed by atoms with Crippen molar-refractivity contribution >= 4 is 5.71 Å². The Morgan fingerprint density at radius 2 is 1.74 bits per heavy atom. The first-order valence-corrected chi connectivity index (χ1v) is 13.2. The van der Waals surface area contributed by atoms with E-state index in [2.05, 4.69) is 108 Å². The van der Waals surface area contributed by atoms with Crippen molar-refractivity contribution in [1.82, 2.24) is 20.5 Å². The molecule has 0 spiro atoms. The monoisotopic (exact) mass is 519 g/mol. The largest absolute Gasteiger partial charge is 0.384 e. The van der Waals surface area contributed by atoms with Gasteiger partial charge in [0.1, 0.15) is 0 Å². The van der Waals surface area contributed by atoms with E-state index in [1.165, 1.54) is 11.1 Å². The molecule has 0 atom stereocenters. The summed E-state index contributed by atoms with van der Waals surface area (Å²) in [4.78, 5) is 11.3. The fourth-order valence-corrected chi connectivity index (χ4v) is 4.18. The number of hydrogen-bond donors (Lipinski definition) is 2. The predicted molar refractivity (Wildman–Crippen MR) is 167 cm³/mol. The average molecular weight is 520 g/mol. The van der Waals surface area contributed by atoms with Crippen LogP contribution in [0.3, 0.4) is 0 Å². The molecule has 0 saturated heterocycles. The van der Waals surface area contributed by atoms with E-state index in [-0.39, 0.29) is 0 Å². The van der Waals surface area contributed by atoms with Crippen molar-refractivity contribution < 1.29 is 0 Å². The molecule has 2 N–H and O–H groups in total. The number of pyridine rings is 1. The Morgan fingerprint density at radius 1 is 0.974 bits per heavy atom. The summed E-state index contributed by atoms with van der Waals surface area (Å²) in [6, 6.07) is 19.1. The molecule has 0 aliphatic rings. The Morgan fingerprint density at radius 3 is 2.44 bits per heavy atom. The normalized spacial score (nSPS) is 12.2. The van der Waals surface area contributed by atoms with Crippen LogP contribution < -0.4 is 10.6 Å². The van der Waals surface area contributed by atoms with E-state index in [0.717, 1.165) is 64.6 Å². The summed E-state index contributed by atoms with van der Waals surface area (Å²) in [5.41, 5.74) is 10.1. The lowest BCUT2D eigenvalue weighted by atomic mass is 9.95. The molecule has 5 heteroatoms. The predicted octanol–water partition coefficient (Wildman–Crippen LogP) is 6.29. The van der Waals surface area contributed by atoms with Crippen LogP contribution in [0, 0.1) is 6.92 Å². The molecule has 0 fully saturated rings. The van der Waals surface area contributed by atoms with Gasteiger partial charge in [0.15, 0.2) is 0 Å². The number of nitrogens with zero attached hydrogens (tertiary/aromatic N) is 3. The van der Waals surface area contributed by atoms with E-state index >= 15 is 0 Å². The SMILES string of the molecule is C=C(/C=C\C(=C/C)NC(=C)C(=NC)c1cc(-c2cncc(Cc3ccccc3)c2)ccc1C)NCCN(C)C. The molecule has 3 rings (SSSR count). The maximum atomic E-state index is 4.62. The first-order valence-electron chi connectivity index (χ1n) is 13.2. The second-order valence-corrected chi connectivity index (χ2v) is 9.78. The van der Waals surface area contributed by atoms with Crippen LogP contribution in [-0.2, 0) is 6.42 Å². The second-order valence-electron chi connectivity index (χ2n) is 9.78. The molecule has 0 radical (unpaired) electrons. The van der Waals surface area contributed by atoms with Gasteiger partial charge >= 0.3 is 0 Å². The minimum atomic E-state index is 0.734. The van der Waals surface area contributed by atoms with E-state index < -0.39 is 0 Å². The lowest BCUT2D eigenvalue weighted by molar-refractivity contribution is 0.409. The van der Waals surface area contributed by atoms with Crippen molar-refractivity contribution in [1.29, 1.82) is 0 Å². The molecular formula is C34H41N5. The number of nitrogens with one attached hydrogen (secondary N) is 2. The van der Waals surface area contributed by atoms with Gasteiger partial charge in [-0.05, 0) is 80.9 Å². The third-order valence-electron chi connectivity index (χ3n) is 6.36. The van der Waals surface area contributed by atoms with E-state index in [1.807, 2.05) is 43.6 Å². The minimum absolute atomic E-state index is 0.734. The fraction of sp³-hybridized carbons (Fsp3) is 0.235. The zero-order chi connectivity index (χ0) is 28.2. The molecule has 5 nitrogen and oxygen atoms in total.